The van der Waals surface area contributed by atoms with Gasteiger partial charge in [0.05, 0.1) is 7.11 Å². The molecule has 6 heteroatoms. The molecule has 1 aliphatic rings. The van der Waals surface area contributed by atoms with Crippen molar-refractivity contribution < 1.29 is 9.53 Å². The second kappa shape index (κ2) is 7.90. The largest absolute Gasteiger partial charge is 0.497 e. The van der Waals surface area contributed by atoms with Crippen LogP contribution in [-0.2, 0) is 11.2 Å². The zero-order chi connectivity index (χ0) is 16.8. The molecule has 3 N–H and O–H groups in total. The lowest BCUT2D eigenvalue weighted by Gasteiger charge is -2.11. The Balaban J connectivity index is 1.48. The van der Waals surface area contributed by atoms with Crippen LogP contribution in [0.15, 0.2) is 48.8 Å². The number of carbonyl (C=O) groups excluding carboxylic acids is 1. The summed E-state index contributed by atoms with van der Waals surface area (Å²) in [6.45, 7) is 0.616. The highest BCUT2D eigenvalue weighted by Crippen LogP contribution is 2.25. The van der Waals surface area contributed by atoms with Crippen LogP contribution in [0.2, 0.25) is 0 Å². The second-order valence-corrected chi connectivity index (χ2v) is 5.80. The van der Waals surface area contributed by atoms with Gasteiger partial charge in [0.2, 0.25) is 5.91 Å². The lowest BCUT2D eigenvalue weighted by atomic mass is 10.0. The molecule has 126 valence electrons. The summed E-state index contributed by atoms with van der Waals surface area (Å²) in [7, 11) is 1.65. The van der Waals surface area contributed by atoms with Crippen LogP contribution in [0.4, 0.5) is 0 Å². The van der Waals surface area contributed by atoms with Crippen molar-refractivity contribution in [3.8, 4) is 5.75 Å². The van der Waals surface area contributed by atoms with Gasteiger partial charge in [-0.15, -0.1) is 0 Å². The van der Waals surface area contributed by atoms with Crippen molar-refractivity contribution in [1.82, 2.24) is 21.2 Å². The van der Waals surface area contributed by atoms with Crippen LogP contribution >= 0.6 is 0 Å². The molecule has 1 aliphatic heterocycles. The maximum absolute atomic E-state index is 12.3. The number of benzene rings is 1. The molecule has 2 heterocycles. The van der Waals surface area contributed by atoms with Crippen molar-refractivity contribution in [1.29, 1.82) is 0 Å². The molecule has 6 nitrogen and oxygen atoms in total. The minimum absolute atomic E-state index is 0.0157. The van der Waals surface area contributed by atoms with E-state index in [0.29, 0.717) is 13.0 Å². The van der Waals surface area contributed by atoms with Gasteiger partial charge in [0.15, 0.2) is 0 Å². The van der Waals surface area contributed by atoms with E-state index >= 15 is 0 Å². The van der Waals surface area contributed by atoms with Gasteiger partial charge in [-0.05, 0) is 48.2 Å². The molecule has 2 unspecified atom stereocenters. The van der Waals surface area contributed by atoms with Gasteiger partial charge in [-0.1, -0.05) is 12.1 Å². The zero-order valence-electron chi connectivity index (χ0n) is 13.7. The SMILES string of the molecule is COc1cccc(C2CC(C(=O)NCCc3ccncc3)NN2)c1. The summed E-state index contributed by atoms with van der Waals surface area (Å²) in [6, 6.07) is 11.7. The van der Waals surface area contributed by atoms with Crippen molar-refractivity contribution >= 4 is 5.91 Å². The Morgan fingerprint density at radius 3 is 2.92 bits per heavy atom. The number of rotatable bonds is 6. The highest BCUT2D eigenvalue weighted by Gasteiger charge is 2.29. The molecule has 3 rings (SSSR count). The number of hydrazine groups is 1. The van der Waals surface area contributed by atoms with E-state index in [1.54, 1.807) is 19.5 Å². The van der Waals surface area contributed by atoms with E-state index < -0.39 is 0 Å². The molecular weight excluding hydrogens is 304 g/mol. The number of hydrogen-bond acceptors (Lipinski definition) is 5. The van der Waals surface area contributed by atoms with Gasteiger partial charge in [-0.25, -0.2) is 10.9 Å². The summed E-state index contributed by atoms with van der Waals surface area (Å²) in [5.41, 5.74) is 8.54. The molecule has 2 aromatic rings. The number of nitrogens with zero attached hydrogens (tertiary/aromatic N) is 1. The second-order valence-electron chi connectivity index (χ2n) is 5.80. The number of pyridine rings is 1. The first-order valence-corrected chi connectivity index (χ1v) is 8.08. The van der Waals surface area contributed by atoms with E-state index in [0.717, 1.165) is 23.3 Å². The number of methoxy groups -OCH3 is 1. The molecule has 1 aromatic carbocycles. The molecule has 1 fully saturated rings. The van der Waals surface area contributed by atoms with Crippen LogP contribution in [-0.4, -0.2) is 30.6 Å². The Morgan fingerprint density at radius 2 is 2.12 bits per heavy atom. The Bertz CT molecular complexity index is 678. The first-order chi connectivity index (χ1) is 11.8. The van der Waals surface area contributed by atoms with Crippen molar-refractivity contribution in [2.45, 2.75) is 24.9 Å². The standard InChI is InChI=1S/C18H22N4O2/c1-24-15-4-2-3-14(11-15)16-12-17(22-21-16)18(23)20-10-7-13-5-8-19-9-6-13/h2-6,8-9,11,16-17,21-22H,7,10,12H2,1H3,(H,20,23). The fourth-order valence-corrected chi connectivity index (χ4v) is 2.81. The van der Waals surface area contributed by atoms with Crippen LogP contribution in [0.3, 0.4) is 0 Å². The number of hydrogen-bond donors (Lipinski definition) is 3. The molecule has 2 atom stereocenters. The average Bonchev–Trinajstić information content (AvgIpc) is 3.13. The van der Waals surface area contributed by atoms with Crippen molar-refractivity contribution in [3.63, 3.8) is 0 Å². The zero-order valence-corrected chi connectivity index (χ0v) is 13.7. The third kappa shape index (κ3) is 4.10. The van der Waals surface area contributed by atoms with E-state index in [9.17, 15) is 4.79 Å². The maximum atomic E-state index is 12.3. The van der Waals surface area contributed by atoms with Gasteiger partial charge in [0, 0.05) is 25.0 Å². The van der Waals surface area contributed by atoms with Crippen LogP contribution in [0.1, 0.15) is 23.6 Å². The summed E-state index contributed by atoms with van der Waals surface area (Å²) in [6.07, 6.45) is 5.03. The molecule has 0 aliphatic carbocycles. The van der Waals surface area contributed by atoms with Crippen molar-refractivity contribution in [2.75, 3.05) is 13.7 Å². The van der Waals surface area contributed by atoms with Gasteiger partial charge in [0.25, 0.3) is 0 Å². The number of carbonyl (C=O) groups is 1. The first kappa shape index (κ1) is 16.4. The molecule has 0 spiro atoms. The normalized spacial score (nSPS) is 19.9. The summed E-state index contributed by atoms with van der Waals surface area (Å²) in [4.78, 5) is 16.3. The topological polar surface area (TPSA) is 75.3 Å². The molecule has 1 aromatic heterocycles. The Morgan fingerprint density at radius 1 is 1.29 bits per heavy atom. The van der Waals surface area contributed by atoms with Crippen LogP contribution in [0.5, 0.6) is 5.75 Å². The van der Waals surface area contributed by atoms with Crippen molar-refractivity contribution in [2.24, 2.45) is 0 Å². The van der Waals surface area contributed by atoms with E-state index in [4.69, 9.17) is 4.74 Å². The monoisotopic (exact) mass is 326 g/mol. The van der Waals surface area contributed by atoms with E-state index in [1.165, 1.54) is 0 Å². The third-order valence-corrected chi connectivity index (χ3v) is 4.18. The number of amides is 1. The lowest BCUT2D eigenvalue weighted by Crippen LogP contribution is -2.43. The summed E-state index contributed by atoms with van der Waals surface area (Å²) in [5.74, 6) is 0.835. The van der Waals surface area contributed by atoms with Crippen molar-refractivity contribution in [3.05, 3.63) is 59.9 Å². The van der Waals surface area contributed by atoms with E-state index in [-0.39, 0.29) is 18.0 Å². The third-order valence-electron chi connectivity index (χ3n) is 4.18. The fourth-order valence-electron chi connectivity index (χ4n) is 2.81. The Kier molecular flexibility index (Phi) is 5.40. The highest BCUT2D eigenvalue weighted by atomic mass is 16.5. The first-order valence-electron chi connectivity index (χ1n) is 8.08. The maximum Gasteiger partial charge on any atom is 0.238 e. The minimum Gasteiger partial charge on any atom is -0.497 e. The molecule has 0 bridgehead atoms. The Hall–Kier alpha value is -2.44. The van der Waals surface area contributed by atoms with E-state index in [1.807, 2.05) is 36.4 Å². The average molecular weight is 326 g/mol. The fraction of sp³-hybridized carbons (Fsp3) is 0.333. The van der Waals surface area contributed by atoms with Crippen LogP contribution in [0, 0.1) is 0 Å². The predicted molar refractivity (Wildman–Crippen MR) is 91.4 cm³/mol. The summed E-state index contributed by atoms with van der Waals surface area (Å²) >= 11 is 0. The Labute approximate surface area is 141 Å². The number of nitrogens with one attached hydrogen (secondary N) is 3. The van der Waals surface area contributed by atoms with Gasteiger partial charge < -0.3 is 10.1 Å². The van der Waals surface area contributed by atoms with Gasteiger partial charge in [0.1, 0.15) is 11.8 Å². The molecule has 0 radical (unpaired) electrons. The molecule has 24 heavy (non-hydrogen) atoms. The van der Waals surface area contributed by atoms with Crippen LogP contribution in [0.25, 0.3) is 0 Å². The smallest absolute Gasteiger partial charge is 0.238 e. The highest BCUT2D eigenvalue weighted by molar-refractivity contribution is 5.82. The van der Waals surface area contributed by atoms with Gasteiger partial charge in [-0.3, -0.25) is 9.78 Å². The van der Waals surface area contributed by atoms with E-state index in [2.05, 4.69) is 21.2 Å². The quantitative estimate of drug-likeness (QED) is 0.747. The predicted octanol–water partition coefficient (Wildman–Crippen LogP) is 1.36. The van der Waals surface area contributed by atoms with Crippen LogP contribution < -0.4 is 20.9 Å². The van der Waals surface area contributed by atoms with Gasteiger partial charge in [-0.2, -0.15) is 0 Å². The molecule has 1 saturated heterocycles. The summed E-state index contributed by atoms with van der Waals surface area (Å²) in [5, 5.41) is 2.98. The minimum atomic E-state index is -0.237. The summed E-state index contributed by atoms with van der Waals surface area (Å²) < 4.78 is 5.25. The number of ether oxygens (including phenoxy) is 1. The van der Waals surface area contributed by atoms with Gasteiger partial charge >= 0.3 is 0 Å². The molecule has 1 amide bonds. The molecule has 0 saturated carbocycles. The lowest BCUT2D eigenvalue weighted by molar-refractivity contribution is -0.122. The molecular formula is C18H22N4O2. The number of aromatic nitrogens is 1.